The Hall–Kier alpha value is -3.25. The molecule has 0 radical (unpaired) electrons. The first-order valence-corrected chi connectivity index (χ1v) is 14.8. The number of unbranched alkanes of at least 4 members (excludes halogenated alkanes) is 2. The molecular weight excluding hydrogens is 496 g/mol. The number of ether oxygens (including phenoxy) is 2. The van der Waals surface area contributed by atoms with Crippen molar-refractivity contribution < 1.29 is 14.3 Å². The summed E-state index contributed by atoms with van der Waals surface area (Å²) in [7, 11) is 0. The fourth-order valence-corrected chi connectivity index (χ4v) is 5.27. The average molecular weight is 541 g/mol. The molecule has 0 atom stereocenters. The standard InChI is InChI=1S/C35H44N2O3/c1-2-36-22-20-33(21-23-36)37(29-38)35-27-30(18-19-34(35)32-16-8-4-9-17-32)15-12-26-39-24-10-5-11-25-40-28-31-13-6-3-7-14-31/h3-4,6-9,12-19,27,29,33H,2,5,10-11,20-26,28H2,1H3. The summed E-state index contributed by atoms with van der Waals surface area (Å²) in [6.07, 6.45) is 10.4. The van der Waals surface area contributed by atoms with Gasteiger partial charge in [-0.15, -0.1) is 0 Å². The molecule has 212 valence electrons. The van der Waals surface area contributed by atoms with Crippen LogP contribution < -0.4 is 4.90 Å². The second kappa shape index (κ2) is 16.8. The molecule has 0 aromatic heterocycles. The van der Waals surface area contributed by atoms with Gasteiger partial charge in [-0.25, -0.2) is 0 Å². The average Bonchev–Trinajstić information content (AvgIpc) is 3.01. The van der Waals surface area contributed by atoms with E-state index >= 15 is 0 Å². The van der Waals surface area contributed by atoms with Crippen molar-refractivity contribution >= 4 is 18.2 Å². The molecule has 1 saturated heterocycles. The Labute approximate surface area is 240 Å². The van der Waals surface area contributed by atoms with E-state index in [9.17, 15) is 4.79 Å². The Balaban J connectivity index is 1.26. The molecule has 0 bridgehead atoms. The number of hydrogen-bond acceptors (Lipinski definition) is 4. The lowest BCUT2D eigenvalue weighted by molar-refractivity contribution is -0.108. The highest BCUT2D eigenvalue weighted by atomic mass is 16.5. The summed E-state index contributed by atoms with van der Waals surface area (Å²) in [4.78, 5) is 16.8. The van der Waals surface area contributed by atoms with Crippen LogP contribution >= 0.6 is 0 Å². The first kappa shape index (κ1) is 29.7. The van der Waals surface area contributed by atoms with Crippen molar-refractivity contribution in [3.8, 4) is 11.1 Å². The normalized spacial score (nSPS) is 14.5. The van der Waals surface area contributed by atoms with E-state index < -0.39 is 0 Å². The predicted octanol–water partition coefficient (Wildman–Crippen LogP) is 7.22. The molecule has 3 aromatic carbocycles. The van der Waals surface area contributed by atoms with Gasteiger partial charge in [-0.1, -0.05) is 91.9 Å². The molecule has 1 heterocycles. The van der Waals surface area contributed by atoms with Gasteiger partial charge in [0.15, 0.2) is 0 Å². The van der Waals surface area contributed by atoms with Crippen molar-refractivity contribution in [3.63, 3.8) is 0 Å². The topological polar surface area (TPSA) is 42.0 Å². The third kappa shape index (κ3) is 9.16. The quantitative estimate of drug-likeness (QED) is 0.142. The van der Waals surface area contributed by atoms with E-state index in [2.05, 4.69) is 66.4 Å². The molecular formula is C35H44N2O3. The first-order chi connectivity index (χ1) is 19.8. The lowest BCUT2D eigenvalue weighted by Gasteiger charge is -2.37. The van der Waals surface area contributed by atoms with Crippen LogP contribution in [0.1, 0.15) is 50.2 Å². The monoisotopic (exact) mass is 540 g/mol. The van der Waals surface area contributed by atoms with E-state index in [1.54, 1.807) is 0 Å². The number of hydrogen-bond donors (Lipinski definition) is 0. The van der Waals surface area contributed by atoms with Crippen molar-refractivity contribution in [1.29, 1.82) is 0 Å². The van der Waals surface area contributed by atoms with Crippen LogP contribution in [0.2, 0.25) is 0 Å². The third-order valence-corrected chi connectivity index (χ3v) is 7.61. The minimum absolute atomic E-state index is 0.217. The molecule has 3 aromatic rings. The second-order valence-corrected chi connectivity index (χ2v) is 10.4. The van der Waals surface area contributed by atoms with E-state index in [-0.39, 0.29) is 6.04 Å². The summed E-state index contributed by atoms with van der Waals surface area (Å²) in [5, 5.41) is 0. The lowest BCUT2D eigenvalue weighted by Crippen LogP contribution is -2.44. The van der Waals surface area contributed by atoms with E-state index in [4.69, 9.17) is 9.47 Å². The number of anilines is 1. The lowest BCUT2D eigenvalue weighted by atomic mass is 9.97. The van der Waals surface area contributed by atoms with E-state index in [0.717, 1.165) is 93.7 Å². The summed E-state index contributed by atoms with van der Waals surface area (Å²) in [5.74, 6) is 0. The van der Waals surface area contributed by atoms with E-state index in [1.165, 1.54) is 5.56 Å². The van der Waals surface area contributed by atoms with Gasteiger partial charge in [0, 0.05) is 37.9 Å². The molecule has 1 aliphatic heterocycles. The van der Waals surface area contributed by atoms with E-state index in [0.29, 0.717) is 13.2 Å². The van der Waals surface area contributed by atoms with Crippen molar-refractivity contribution in [1.82, 2.24) is 4.90 Å². The Morgan fingerprint density at radius 2 is 1.57 bits per heavy atom. The van der Waals surface area contributed by atoms with Gasteiger partial charge >= 0.3 is 0 Å². The number of carbonyl (C=O) groups excluding carboxylic acids is 1. The number of amides is 1. The molecule has 1 aliphatic rings. The maximum absolute atomic E-state index is 12.4. The van der Waals surface area contributed by atoms with Crippen molar-refractivity contribution in [2.75, 3.05) is 44.4 Å². The summed E-state index contributed by atoms with van der Waals surface area (Å²) >= 11 is 0. The summed E-state index contributed by atoms with van der Waals surface area (Å²) in [5.41, 5.74) is 5.49. The van der Waals surface area contributed by atoms with Gasteiger partial charge in [-0.05, 0) is 61.4 Å². The SMILES string of the molecule is CCN1CCC(N(C=O)c2cc(C=CCOCCCCCOCc3ccccc3)ccc2-c2ccccc2)CC1. The fraction of sp³-hybridized carbons (Fsp3) is 0.400. The fourth-order valence-electron chi connectivity index (χ4n) is 5.27. The van der Waals surface area contributed by atoms with Gasteiger partial charge in [0.25, 0.3) is 0 Å². The summed E-state index contributed by atoms with van der Waals surface area (Å²) < 4.78 is 11.6. The maximum Gasteiger partial charge on any atom is 0.214 e. The molecule has 0 aliphatic carbocycles. The summed E-state index contributed by atoms with van der Waals surface area (Å²) in [6.45, 7) is 8.12. The molecule has 0 spiro atoms. The number of benzene rings is 3. The maximum atomic E-state index is 12.4. The zero-order valence-corrected chi connectivity index (χ0v) is 23.9. The molecule has 0 N–H and O–H groups in total. The van der Waals surface area contributed by atoms with Gasteiger partial charge < -0.3 is 19.3 Å². The van der Waals surface area contributed by atoms with Crippen LogP contribution in [0.4, 0.5) is 5.69 Å². The van der Waals surface area contributed by atoms with Crippen LogP contribution in [0.3, 0.4) is 0 Å². The van der Waals surface area contributed by atoms with Gasteiger partial charge in [0.1, 0.15) is 0 Å². The van der Waals surface area contributed by atoms with Gasteiger partial charge in [0.2, 0.25) is 6.41 Å². The Morgan fingerprint density at radius 1 is 0.875 bits per heavy atom. The number of carbonyl (C=O) groups is 1. The highest BCUT2D eigenvalue weighted by molar-refractivity contribution is 5.89. The predicted molar refractivity (Wildman–Crippen MR) is 165 cm³/mol. The minimum atomic E-state index is 0.217. The third-order valence-electron chi connectivity index (χ3n) is 7.61. The van der Waals surface area contributed by atoms with Crippen molar-refractivity contribution in [3.05, 3.63) is 96.1 Å². The largest absolute Gasteiger partial charge is 0.377 e. The highest BCUT2D eigenvalue weighted by Gasteiger charge is 2.26. The smallest absolute Gasteiger partial charge is 0.214 e. The molecule has 1 fully saturated rings. The zero-order chi connectivity index (χ0) is 27.8. The minimum Gasteiger partial charge on any atom is -0.377 e. The van der Waals surface area contributed by atoms with Gasteiger partial charge in [-0.2, -0.15) is 0 Å². The molecule has 40 heavy (non-hydrogen) atoms. The van der Waals surface area contributed by atoms with Crippen LogP contribution in [0.25, 0.3) is 17.2 Å². The molecule has 4 rings (SSSR count). The van der Waals surface area contributed by atoms with Crippen LogP contribution in [0, 0.1) is 0 Å². The van der Waals surface area contributed by atoms with Crippen LogP contribution in [0.15, 0.2) is 84.9 Å². The molecule has 5 nitrogen and oxygen atoms in total. The van der Waals surface area contributed by atoms with Gasteiger partial charge in [0.05, 0.1) is 18.9 Å². The summed E-state index contributed by atoms with van der Waals surface area (Å²) in [6, 6.07) is 27.3. The number of rotatable bonds is 16. The van der Waals surface area contributed by atoms with Crippen molar-refractivity contribution in [2.45, 2.75) is 51.7 Å². The highest BCUT2D eigenvalue weighted by Crippen LogP contribution is 2.34. The molecule has 0 unspecified atom stereocenters. The van der Waals surface area contributed by atoms with E-state index in [1.807, 2.05) is 41.3 Å². The Bertz CT molecular complexity index is 1160. The second-order valence-electron chi connectivity index (χ2n) is 10.4. The van der Waals surface area contributed by atoms with Crippen LogP contribution in [-0.2, 0) is 20.9 Å². The number of likely N-dealkylation sites (tertiary alicyclic amines) is 1. The first-order valence-electron chi connectivity index (χ1n) is 14.8. The number of piperidine rings is 1. The van der Waals surface area contributed by atoms with Gasteiger partial charge in [-0.3, -0.25) is 4.79 Å². The Kier molecular flexibility index (Phi) is 12.5. The van der Waals surface area contributed by atoms with Crippen molar-refractivity contribution in [2.24, 2.45) is 0 Å². The van der Waals surface area contributed by atoms with Crippen LogP contribution in [0.5, 0.6) is 0 Å². The zero-order valence-electron chi connectivity index (χ0n) is 23.9. The Morgan fingerprint density at radius 3 is 2.27 bits per heavy atom. The molecule has 5 heteroatoms. The molecule has 1 amide bonds. The van der Waals surface area contributed by atoms with Crippen LogP contribution in [-0.4, -0.2) is 56.8 Å². The number of nitrogens with zero attached hydrogens (tertiary/aromatic N) is 2. The molecule has 0 saturated carbocycles.